The molecule has 0 aliphatic carbocycles. The lowest BCUT2D eigenvalue weighted by molar-refractivity contribution is 0.603. The van der Waals surface area contributed by atoms with Crippen molar-refractivity contribution in [2.75, 3.05) is 0 Å². The maximum atomic E-state index is 15.5. The molecule has 5 heterocycles. The van der Waals surface area contributed by atoms with Crippen molar-refractivity contribution in [2.24, 2.45) is 7.05 Å². The Labute approximate surface area is 213 Å². The molecular formula is C27H19FN8S. The molecule has 1 unspecified atom stereocenters. The fraction of sp³-hybridized carbons (Fsp3) is 0.111. The minimum Gasteiger partial charge on any atom is -0.275 e. The molecule has 0 radical (unpaired) electrons. The predicted molar refractivity (Wildman–Crippen MR) is 142 cm³/mol. The van der Waals surface area contributed by atoms with Crippen LogP contribution in [-0.2, 0) is 7.05 Å². The molecule has 1 N–H and O–H groups in total. The van der Waals surface area contributed by atoms with Crippen molar-refractivity contribution >= 4 is 43.6 Å². The molecule has 7 rings (SSSR count). The maximum Gasteiger partial charge on any atom is 0.221 e. The topological polar surface area (TPSA) is 98.1 Å². The van der Waals surface area contributed by atoms with E-state index in [1.165, 1.54) is 6.07 Å². The van der Waals surface area contributed by atoms with Crippen LogP contribution in [0.1, 0.15) is 24.1 Å². The molecule has 180 valence electrons. The Kier molecular flexibility index (Phi) is 4.83. The summed E-state index contributed by atoms with van der Waals surface area (Å²) < 4.78 is 18.4. The molecule has 5 aromatic heterocycles. The molecule has 37 heavy (non-hydrogen) atoms. The van der Waals surface area contributed by atoms with Gasteiger partial charge in [-0.3, -0.25) is 9.67 Å². The first-order valence-electron chi connectivity index (χ1n) is 11.7. The fourth-order valence-electron chi connectivity index (χ4n) is 4.74. The molecule has 0 saturated heterocycles. The average Bonchev–Trinajstić information content (AvgIpc) is 3.66. The van der Waals surface area contributed by atoms with E-state index in [-0.39, 0.29) is 5.82 Å². The number of nitrogens with one attached hydrogen (secondary N) is 1. The van der Waals surface area contributed by atoms with E-state index in [4.69, 9.17) is 9.97 Å². The van der Waals surface area contributed by atoms with Gasteiger partial charge in [0.2, 0.25) is 5.65 Å². The second-order valence-corrected chi connectivity index (χ2v) is 9.91. The van der Waals surface area contributed by atoms with Crippen LogP contribution >= 0.6 is 11.3 Å². The van der Waals surface area contributed by atoms with Crippen LogP contribution in [0.4, 0.5) is 4.39 Å². The molecule has 0 aliphatic heterocycles. The van der Waals surface area contributed by atoms with Gasteiger partial charge in [0.15, 0.2) is 5.65 Å². The standard InChI is InChI=1S/C27H19FN8S/c1-14(19-8-15-7-16(17-11-30-36(2)12-17)10-29-22(15)9-21(19)28)24-25(32-27-26(31-24)33-35-34-27)20-13-37-23-6-4-3-5-18(20)23/h3-14H,1-2H3,(H,31,32,33,34,35). The Morgan fingerprint density at radius 3 is 2.81 bits per heavy atom. The van der Waals surface area contributed by atoms with Crippen molar-refractivity contribution in [1.82, 2.24) is 40.1 Å². The van der Waals surface area contributed by atoms with Gasteiger partial charge >= 0.3 is 0 Å². The smallest absolute Gasteiger partial charge is 0.221 e. The predicted octanol–water partition coefficient (Wildman–Crippen LogP) is 5.87. The van der Waals surface area contributed by atoms with E-state index in [0.717, 1.165) is 32.2 Å². The molecular weight excluding hydrogens is 487 g/mol. The lowest BCUT2D eigenvalue weighted by Crippen LogP contribution is -2.07. The number of nitrogens with zero attached hydrogens (tertiary/aromatic N) is 7. The minimum atomic E-state index is -0.409. The van der Waals surface area contributed by atoms with E-state index in [0.29, 0.717) is 33.8 Å². The minimum absolute atomic E-state index is 0.343. The zero-order valence-corrected chi connectivity index (χ0v) is 20.7. The second kappa shape index (κ2) is 8.24. The molecule has 7 aromatic rings. The summed E-state index contributed by atoms with van der Waals surface area (Å²) in [6.07, 6.45) is 5.46. The van der Waals surface area contributed by atoms with Crippen LogP contribution < -0.4 is 0 Å². The van der Waals surface area contributed by atoms with Crippen LogP contribution in [0, 0.1) is 5.82 Å². The molecule has 0 aliphatic rings. The van der Waals surface area contributed by atoms with E-state index in [9.17, 15) is 0 Å². The summed E-state index contributed by atoms with van der Waals surface area (Å²) in [4.78, 5) is 14.2. The summed E-state index contributed by atoms with van der Waals surface area (Å²) in [6, 6.07) is 13.5. The molecule has 8 nitrogen and oxygen atoms in total. The van der Waals surface area contributed by atoms with Crippen LogP contribution in [0.3, 0.4) is 0 Å². The number of aromatic nitrogens is 8. The normalized spacial score (nSPS) is 12.6. The van der Waals surface area contributed by atoms with Gasteiger partial charge in [-0.05, 0) is 23.8 Å². The summed E-state index contributed by atoms with van der Waals surface area (Å²) in [6.45, 7) is 1.94. The maximum absolute atomic E-state index is 15.5. The highest BCUT2D eigenvalue weighted by Crippen LogP contribution is 2.39. The van der Waals surface area contributed by atoms with Crippen LogP contribution in [0.25, 0.3) is 54.7 Å². The van der Waals surface area contributed by atoms with Gasteiger partial charge in [-0.1, -0.05) is 30.3 Å². The summed E-state index contributed by atoms with van der Waals surface area (Å²) in [5, 5.41) is 19.0. The summed E-state index contributed by atoms with van der Waals surface area (Å²) in [5.41, 5.74) is 6.12. The highest BCUT2D eigenvalue weighted by Gasteiger charge is 2.24. The highest BCUT2D eigenvalue weighted by molar-refractivity contribution is 7.17. The molecule has 0 fully saturated rings. The van der Waals surface area contributed by atoms with Crippen molar-refractivity contribution in [3.05, 3.63) is 83.5 Å². The zero-order valence-electron chi connectivity index (χ0n) is 19.8. The lowest BCUT2D eigenvalue weighted by atomic mass is 9.92. The van der Waals surface area contributed by atoms with Crippen LogP contribution in [-0.4, -0.2) is 40.1 Å². The number of halogens is 1. The van der Waals surface area contributed by atoms with Gasteiger partial charge in [-0.2, -0.15) is 5.10 Å². The van der Waals surface area contributed by atoms with E-state index in [1.54, 1.807) is 28.4 Å². The largest absolute Gasteiger partial charge is 0.275 e. The van der Waals surface area contributed by atoms with E-state index < -0.39 is 5.92 Å². The summed E-state index contributed by atoms with van der Waals surface area (Å²) in [5.74, 6) is -0.751. The second-order valence-electron chi connectivity index (χ2n) is 9.00. The number of hydrogen-bond donors (Lipinski definition) is 1. The summed E-state index contributed by atoms with van der Waals surface area (Å²) >= 11 is 1.64. The van der Waals surface area contributed by atoms with Gasteiger partial charge in [-0.15, -0.1) is 16.4 Å². The van der Waals surface area contributed by atoms with Gasteiger partial charge in [0.25, 0.3) is 0 Å². The molecule has 2 aromatic carbocycles. The fourth-order valence-corrected chi connectivity index (χ4v) is 5.69. The van der Waals surface area contributed by atoms with Gasteiger partial charge < -0.3 is 0 Å². The summed E-state index contributed by atoms with van der Waals surface area (Å²) in [7, 11) is 1.87. The van der Waals surface area contributed by atoms with Crippen LogP contribution in [0.5, 0.6) is 0 Å². The number of thiophene rings is 1. The highest BCUT2D eigenvalue weighted by atomic mass is 32.1. The van der Waals surface area contributed by atoms with Crippen molar-refractivity contribution in [3.8, 4) is 22.4 Å². The number of hydrogen-bond acceptors (Lipinski definition) is 7. The number of aryl methyl sites for hydroxylation is 1. The van der Waals surface area contributed by atoms with Crippen molar-refractivity contribution in [2.45, 2.75) is 12.8 Å². The van der Waals surface area contributed by atoms with Gasteiger partial charge in [0, 0.05) is 69.0 Å². The van der Waals surface area contributed by atoms with E-state index in [1.807, 2.05) is 44.4 Å². The third kappa shape index (κ3) is 3.56. The lowest BCUT2D eigenvalue weighted by Gasteiger charge is -2.16. The average molecular weight is 507 g/mol. The number of H-pyrrole nitrogens is 1. The van der Waals surface area contributed by atoms with Crippen molar-refractivity contribution in [1.29, 1.82) is 0 Å². The number of pyridine rings is 1. The zero-order chi connectivity index (χ0) is 25.1. The third-order valence-electron chi connectivity index (χ3n) is 6.66. The number of aromatic amines is 1. The number of rotatable bonds is 4. The molecule has 1 atom stereocenters. The molecule has 0 spiro atoms. The Morgan fingerprint density at radius 1 is 1.05 bits per heavy atom. The first-order chi connectivity index (χ1) is 18.0. The first-order valence-corrected chi connectivity index (χ1v) is 12.6. The Bertz CT molecular complexity index is 1950. The van der Waals surface area contributed by atoms with Crippen molar-refractivity contribution < 1.29 is 4.39 Å². The van der Waals surface area contributed by atoms with Crippen LogP contribution in [0.2, 0.25) is 0 Å². The van der Waals surface area contributed by atoms with Crippen molar-refractivity contribution in [3.63, 3.8) is 0 Å². The molecule has 0 saturated carbocycles. The third-order valence-corrected chi connectivity index (χ3v) is 7.62. The van der Waals surface area contributed by atoms with Gasteiger partial charge in [-0.25, -0.2) is 19.5 Å². The number of fused-ring (bicyclic) bond motifs is 3. The van der Waals surface area contributed by atoms with Gasteiger partial charge in [0.1, 0.15) is 5.82 Å². The quantitative estimate of drug-likeness (QED) is 0.321. The monoisotopic (exact) mass is 506 g/mol. The number of benzene rings is 2. The molecule has 0 amide bonds. The SMILES string of the molecule is CC(c1cc2cc(-c3cnn(C)c3)cnc2cc1F)c1nc2nn[nH]c2nc1-c1csc2ccccc12. The first kappa shape index (κ1) is 21.7. The van der Waals surface area contributed by atoms with Crippen LogP contribution in [0.15, 0.2) is 66.4 Å². The Balaban J connectivity index is 1.41. The Morgan fingerprint density at radius 2 is 1.95 bits per heavy atom. The molecule has 0 bridgehead atoms. The van der Waals surface area contributed by atoms with Gasteiger partial charge in [0.05, 0.1) is 23.1 Å². The van der Waals surface area contributed by atoms with E-state index in [2.05, 4.69) is 43.0 Å². The van der Waals surface area contributed by atoms with E-state index >= 15 is 4.39 Å². The molecule has 10 heteroatoms. The Hall–Kier alpha value is -4.57.